The van der Waals surface area contributed by atoms with Crippen molar-refractivity contribution in [3.8, 4) is 6.07 Å². The largest absolute Gasteiger partial charge is 0.255 e. The van der Waals surface area contributed by atoms with Crippen LogP contribution in [0.1, 0.15) is 12.0 Å². The first kappa shape index (κ1) is 9.17. The molecule has 0 amide bonds. The maximum atomic E-state index is 8.43. The summed E-state index contributed by atoms with van der Waals surface area (Å²) < 4.78 is 0. The highest BCUT2D eigenvalue weighted by Gasteiger charge is 2.13. The summed E-state index contributed by atoms with van der Waals surface area (Å²) in [5, 5.41) is 12.7. The Morgan fingerprint density at radius 2 is 2.21 bits per heavy atom. The molecule has 2 rings (SSSR count). The van der Waals surface area contributed by atoms with Gasteiger partial charge in [0.25, 0.3) is 0 Å². The zero-order valence-electron chi connectivity index (χ0n) is 7.60. The molecule has 0 fully saturated rings. The minimum Gasteiger partial charge on any atom is -0.255 e. The number of hydrogen-bond acceptors (Lipinski definition) is 2. The van der Waals surface area contributed by atoms with Crippen LogP contribution < -0.4 is 5.32 Å². The molecule has 1 aromatic rings. The third kappa shape index (κ3) is 1.75. The minimum absolute atomic E-state index is 0.587. The van der Waals surface area contributed by atoms with E-state index in [0.29, 0.717) is 6.42 Å². The summed E-state index contributed by atoms with van der Waals surface area (Å²) in [6, 6.07) is 10.2. The zero-order chi connectivity index (χ0) is 9.80. The number of nitriles is 1. The van der Waals surface area contributed by atoms with Gasteiger partial charge in [-0.25, -0.2) is 0 Å². The Morgan fingerprint density at radius 1 is 1.36 bits per heavy atom. The molecule has 0 atom stereocenters. The van der Waals surface area contributed by atoms with E-state index in [2.05, 4.69) is 17.5 Å². The molecule has 0 saturated heterocycles. The molecule has 1 aliphatic heterocycles. The lowest BCUT2D eigenvalue weighted by Gasteiger charge is -2.00. The summed E-state index contributed by atoms with van der Waals surface area (Å²) >= 11 is 1.70. The number of nitrogens with zero attached hydrogens (tertiary/aromatic N) is 2. The fourth-order valence-electron chi connectivity index (χ4n) is 1.31. The van der Waals surface area contributed by atoms with Crippen LogP contribution >= 0.6 is 11.8 Å². The van der Waals surface area contributed by atoms with Crippen LogP contribution in [0.3, 0.4) is 0 Å². The number of rotatable bonds is 3. The van der Waals surface area contributed by atoms with Crippen LogP contribution in [-0.2, 0) is 0 Å². The average molecular weight is 201 g/mol. The quantitative estimate of drug-likeness (QED) is 0.705. The minimum atomic E-state index is 0.587. The molecule has 0 aliphatic carbocycles. The van der Waals surface area contributed by atoms with E-state index in [1.807, 2.05) is 24.4 Å². The summed E-state index contributed by atoms with van der Waals surface area (Å²) in [6.07, 6.45) is 2.47. The van der Waals surface area contributed by atoms with Crippen molar-refractivity contribution >= 4 is 22.4 Å². The molecule has 0 spiro atoms. The van der Waals surface area contributed by atoms with Crippen LogP contribution in [0.2, 0.25) is 0 Å². The van der Waals surface area contributed by atoms with Crippen LogP contribution in [0.4, 0.5) is 5.69 Å². The average Bonchev–Trinajstić information content (AvgIpc) is 2.63. The van der Waals surface area contributed by atoms with Gasteiger partial charge in [0.2, 0.25) is 0 Å². The van der Waals surface area contributed by atoms with Gasteiger partial charge in [-0.2, -0.15) is 5.26 Å². The van der Waals surface area contributed by atoms with E-state index in [4.69, 9.17) is 5.26 Å². The highest BCUT2D eigenvalue weighted by Crippen LogP contribution is 2.37. The van der Waals surface area contributed by atoms with E-state index in [0.717, 1.165) is 11.4 Å². The zero-order valence-corrected chi connectivity index (χ0v) is 8.42. The fraction of sp³-hybridized carbons (Fsp3) is 0.182. The van der Waals surface area contributed by atoms with Crippen molar-refractivity contribution in [2.45, 2.75) is 6.42 Å². The van der Waals surface area contributed by atoms with Crippen LogP contribution in [0, 0.1) is 11.3 Å². The second-order valence-corrected chi connectivity index (χ2v) is 4.03. The second kappa shape index (κ2) is 4.21. The first-order valence-corrected chi connectivity index (χ1v) is 5.40. The van der Waals surface area contributed by atoms with E-state index in [-0.39, 0.29) is 0 Å². The molecule has 0 N–H and O–H groups in total. The summed E-state index contributed by atoms with van der Waals surface area (Å²) in [4.78, 5) is 1.18. The SMILES string of the molecule is N#CCCSC1=C[N]c2ccccc21. The summed E-state index contributed by atoms with van der Waals surface area (Å²) in [5.41, 5.74) is 2.22. The lowest BCUT2D eigenvalue weighted by atomic mass is 10.2. The molecule has 1 radical (unpaired) electrons. The summed E-state index contributed by atoms with van der Waals surface area (Å²) in [7, 11) is 0. The Kier molecular flexibility index (Phi) is 2.76. The molecular formula is C11H9N2S. The number of benzene rings is 1. The number of fused-ring (bicyclic) bond motifs is 1. The highest BCUT2D eigenvalue weighted by molar-refractivity contribution is 8.08. The Bertz CT molecular complexity index is 404. The molecule has 1 aromatic carbocycles. The predicted molar refractivity (Wildman–Crippen MR) is 58.9 cm³/mol. The van der Waals surface area contributed by atoms with E-state index < -0.39 is 0 Å². The summed E-state index contributed by atoms with van der Waals surface area (Å²) in [5.74, 6) is 0.839. The van der Waals surface area contributed by atoms with Gasteiger partial charge in [0.15, 0.2) is 0 Å². The maximum Gasteiger partial charge on any atom is 0.0714 e. The molecule has 0 saturated carbocycles. The standard InChI is InChI=1S/C11H9N2S/c12-6-3-7-14-11-8-13-10-5-2-1-4-9(10)11/h1-2,4-5,8H,3,7H2. The molecule has 3 heteroatoms. The Hall–Kier alpha value is -1.40. The van der Waals surface area contributed by atoms with Gasteiger partial charge in [0.1, 0.15) is 0 Å². The van der Waals surface area contributed by atoms with Crippen molar-refractivity contribution < 1.29 is 0 Å². The number of hydrogen-bond donors (Lipinski definition) is 0. The Morgan fingerprint density at radius 3 is 3.07 bits per heavy atom. The Labute approximate surface area is 87.6 Å². The van der Waals surface area contributed by atoms with Gasteiger partial charge >= 0.3 is 0 Å². The van der Waals surface area contributed by atoms with Crippen molar-refractivity contribution in [3.05, 3.63) is 36.0 Å². The van der Waals surface area contributed by atoms with Gasteiger partial charge < -0.3 is 0 Å². The van der Waals surface area contributed by atoms with Gasteiger partial charge in [-0.05, 0) is 6.07 Å². The van der Waals surface area contributed by atoms with Crippen molar-refractivity contribution in [1.29, 1.82) is 5.26 Å². The van der Waals surface area contributed by atoms with Crippen LogP contribution in [0.25, 0.3) is 4.91 Å². The Balaban J connectivity index is 2.06. The van der Waals surface area contributed by atoms with E-state index in [1.165, 1.54) is 10.5 Å². The second-order valence-electron chi connectivity index (χ2n) is 2.90. The number of thioether (sulfide) groups is 1. The molecule has 0 unspecified atom stereocenters. The van der Waals surface area contributed by atoms with Crippen LogP contribution in [-0.4, -0.2) is 5.75 Å². The van der Waals surface area contributed by atoms with Crippen molar-refractivity contribution in [2.24, 2.45) is 0 Å². The van der Waals surface area contributed by atoms with Crippen LogP contribution in [0.5, 0.6) is 0 Å². The summed E-state index contributed by atoms with van der Waals surface area (Å²) in [6.45, 7) is 0. The van der Waals surface area contributed by atoms with E-state index >= 15 is 0 Å². The van der Waals surface area contributed by atoms with Crippen molar-refractivity contribution in [1.82, 2.24) is 5.32 Å². The van der Waals surface area contributed by atoms with E-state index in [9.17, 15) is 0 Å². The van der Waals surface area contributed by atoms with Crippen LogP contribution in [0.15, 0.2) is 30.5 Å². The molecule has 69 valence electrons. The lowest BCUT2D eigenvalue weighted by molar-refractivity contribution is 1.22. The lowest BCUT2D eigenvalue weighted by Crippen LogP contribution is -1.80. The molecule has 1 heterocycles. The molecular weight excluding hydrogens is 192 g/mol. The van der Waals surface area contributed by atoms with Crippen molar-refractivity contribution in [3.63, 3.8) is 0 Å². The first-order chi connectivity index (χ1) is 6.92. The van der Waals surface area contributed by atoms with Gasteiger partial charge in [0, 0.05) is 28.8 Å². The normalized spacial score (nSPS) is 12.6. The smallest absolute Gasteiger partial charge is 0.0714 e. The van der Waals surface area contributed by atoms with Crippen molar-refractivity contribution in [2.75, 3.05) is 5.75 Å². The topological polar surface area (TPSA) is 37.9 Å². The molecule has 1 aliphatic rings. The third-order valence-corrected chi connectivity index (χ3v) is 3.01. The highest BCUT2D eigenvalue weighted by atomic mass is 32.2. The predicted octanol–water partition coefficient (Wildman–Crippen LogP) is 2.88. The monoisotopic (exact) mass is 201 g/mol. The third-order valence-electron chi connectivity index (χ3n) is 1.96. The van der Waals surface area contributed by atoms with Gasteiger partial charge in [0.05, 0.1) is 11.8 Å². The fourth-order valence-corrected chi connectivity index (χ4v) is 2.18. The van der Waals surface area contributed by atoms with Gasteiger partial charge in [-0.15, -0.1) is 11.8 Å². The van der Waals surface area contributed by atoms with Gasteiger partial charge in [-0.1, -0.05) is 18.2 Å². The first-order valence-electron chi connectivity index (χ1n) is 4.42. The molecule has 0 bridgehead atoms. The molecule has 0 aromatic heterocycles. The van der Waals surface area contributed by atoms with Gasteiger partial charge in [-0.3, -0.25) is 5.32 Å². The molecule has 14 heavy (non-hydrogen) atoms. The number of para-hydroxylation sites is 1. The maximum absolute atomic E-state index is 8.43. The molecule has 2 nitrogen and oxygen atoms in total. The van der Waals surface area contributed by atoms with E-state index in [1.54, 1.807) is 11.8 Å².